The largest absolute Gasteiger partial charge is 0.335 e. The number of carbonyl (C=O) groups is 2. The molecule has 2 aromatic heterocycles. The van der Waals surface area contributed by atoms with Crippen LogP contribution in [0.4, 0.5) is 5.69 Å². The second-order valence-electron chi connectivity index (χ2n) is 6.37. The molecule has 0 spiro atoms. The smallest absolute Gasteiger partial charge is 0.314 e. The molecular formula is C17H24N6O2. The van der Waals surface area contributed by atoms with E-state index in [0.29, 0.717) is 18.8 Å². The van der Waals surface area contributed by atoms with Crippen LogP contribution in [-0.4, -0.2) is 48.6 Å². The van der Waals surface area contributed by atoms with Crippen LogP contribution in [0.5, 0.6) is 0 Å². The van der Waals surface area contributed by atoms with Crippen LogP contribution in [0.2, 0.25) is 0 Å². The van der Waals surface area contributed by atoms with Crippen molar-refractivity contribution >= 4 is 17.5 Å². The third-order valence-electron chi connectivity index (χ3n) is 4.73. The molecule has 1 N–H and O–H groups in total. The number of nitrogens with one attached hydrogen (secondary N) is 1. The van der Waals surface area contributed by atoms with Gasteiger partial charge in [0.05, 0.1) is 29.4 Å². The molecule has 0 unspecified atom stereocenters. The van der Waals surface area contributed by atoms with Gasteiger partial charge in [-0.3, -0.25) is 14.3 Å². The van der Waals surface area contributed by atoms with Gasteiger partial charge >= 0.3 is 11.8 Å². The fourth-order valence-corrected chi connectivity index (χ4v) is 3.41. The molecule has 0 aromatic carbocycles. The van der Waals surface area contributed by atoms with Crippen molar-refractivity contribution < 1.29 is 9.59 Å². The maximum atomic E-state index is 12.6. The molecule has 0 radical (unpaired) electrons. The second-order valence-corrected chi connectivity index (χ2v) is 6.37. The number of likely N-dealkylation sites (tertiary alicyclic amines) is 1. The van der Waals surface area contributed by atoms with E-state index < -0.39 is 11.8 Å². The van der Waals surface area contributed by atoms with Crippen LogP contribution in [0.1, 0.15) is 31.2 Å². The molecule has 2 aromatic rings. The third-order valence-corrected chi connectivity index (χ3v) is 4.73. The molecule has 1 saturated heterocycles. The van der Waals surface area contributed by atoms with Crippen molar-refractivity contribution in [3.8, 4) is 0 Å². The monoisotopic (exact) mass is 344 g/mol. The normalized spacial score (nSPS) is 17.1. The summed E-state index contributed by atoms with van der Waals surface area (Å²) in [5.41, 5.74) is 2.21. The van der Waals surface area contributed by atoms with Crippen LogP contribution in [0.25, 0.3) is 0 Å². The predicted octanol–water partition coefficient (Wildman–Crippen LogP) is 1.35. The Labute approximate surface area is 146 Å². The van der Waals surface area contributed by atoms with Gasteiger partial charge in [0.1, 0.15) is 0 Å². The summed E-state index contributed by atoms with van der Waals surface area (Å²) in [6, 6.07) is 0.0213. The van der Waals surface area contributed by atoms with E-state index >= 15 is 0 Å². The number of nitrogens with zero attached hydrogens (tertiary/aromatic N) is 5. The molecule has 2 amide bonds. The van der Waals surface area contributed by atoms with Crippen LogP contribution in [0, 0.1) is 13.8 Å². The SMILES string of the molecule is CCn1nc(C)c(NC(=O)C(=O)N2CCC[C@H]2Cn2ccnc2)c1C. The molecule has 1 aliphatic heterocycles. The summed E-state index contributed by atoms with van der Waals surface area (Å²) in [4.78, 5) is 30.8. The average Bonchev–Trinajstić information content (AvgIpc) is 3.32. The lowest BCUT2D eigenvalue weighted by Gasteiger charge is -2.24. The standard InChI is InChI=1S/C17H24N6O2/c1-4-23-13(3)15(12(2)20-23)19-16(24)17(25)22-8-5-6-14(22)10-21-9-7-18-11-21/h7,9,11,14H,4-6,8,10H2,1-3H3,(H,19,24)/t14-/m0/s1. The van der Waals surface area contributed by atoms with Crippen molar-refractivity contribution in [2.75, 3.05) is 11.9 Å². The minimum Gasteiger partial charge on any atom is -0.335 e. The molecule has 8 heteroatoms. The van der Waals surface area contributed by atoms with E-state index in [2.05, 4.69) is 15.4 Å². The Morgan fingerprint density at radius 1 is 1.36 bits per heavy atom. The molecule has 0 saturated carbocycles. The van der Waals surface area contributed by atoms with Gasteiger partial charge in [0, 0.05) is 32.0 Å². The Kier molecular flexibility index (Phi) is 4.87. The molecule has 3 heterocycles. The summed E-state index contributed by atoms with van der Waals surface area (Å²) in [5, 5.41) is 7.13. The molecule has 134 valence electrons. The summed E-state index contributed by atoms with van der Waals surface area (Å²) in [6.45, 7) is 7.69. The quantitative estimate of drug-likeness (QED) is 0.849. The molecule has 1 aliphatic rings. The van der Waals surface area contributed by atoms with Gasteiger partial charge in [-0.1, -0.05) is 0 Å². The van der Waals surface area contributed by atoms with Gasteiger partial charge in [-0.2, -0.15) is 5.10 Å². The highest BCUT2D eigenvalue weighted by Gasteiger charge is 2.33. The Bertz CT molecular complexity index is 764. The molecule has 1 atom stereocenters. The van der Waals surface area contributed by atoms with E-state index in [-0.39, 0.29) is 6.04 Å². The van der Waals surface area contributed by atoms with E-state index in [1.54, 1.807) is 17.4 Å². The lowest BCUT2D eigenvalue weighted by Crippen LogP contribution is -2.44. The van der Waals surface area contributed by atoms with Gasteiger partial charge < -0.3 is 14.8 Å². The van der Waals surface area contributed by atoms with Crippen LogP contribution >= 0.6 is 0 Å². The van der Waals surface area contributed by atoms with Crippen LogP contribution in [0.3, 0.4) is 0 Å². The third kappa shape index (κ3) is 3.42. The molecule has 25 heavy (non-hydrogen) atoms. The lowest BCUT2D eigenvalue weighted by atomic mass is 10.2. The van der Waals surface area contributed by atoms with Gasteiger partial charge in [0.25, 0.3) is 0 Å². The zero-order valence-electron chi connectivity index (χ0n) is 14.9. The first-order chi connectivity index (χ1) is 12.0. The summed E-state index contributed by atoms with van der Waals surface area (Å²) < 4.78 is 3.75. The maximum absolute atomic E-state index is 12.6. The van der Waals surface area contributed by atoms with E-state index in [4.69, 9.17) is 0 Å². The summed E-state index contributed by atoms with van der Waals surface area (Å²) in [5.74, 6) is -1.08. The van der Waals surface area contributed by atoms with E-state index in [1.807, 2.05) is 36.2 Å². The fourth-order valence-electron chi connectivity index (χ4n) is 3.41. The number of hydrogen-bond donors (Lipinski definition) is 1. The first-order valence-electron chi connectivity index (χ1n) is 8.63. The van der Waals surface area contributed by atoms with Crippen molar-refractivity contribution in [1.29, 1.82) is 0 Å². The summed E-state index contributed by atoms with van der Waals surface area (Å²) in [7, 11) is 0. The van der Waals surface area contributed by atoms with E-state index in [9.17, 15) is 9.59 Å². The zero-order chi connectivity index (χ0) is 18.0. The molecule has 0 aliphatic carbocycles. The Balaban J connectivity index is 1.69. The van der Waals surface area contributed by atoms with Crippen LogP contribution < -0.4 is 5.32 Å². The molecule has 3 rings (SSSR count). The molecular weight excluding hydrogens is 320 g/mol. The van der Waals surface area contributed by atoms with Gasteiger partial charge in [0.15, 0.2) is 0 Å². The number of carbonyl (C=O) groups excluding carboxylic acids is 2. The maximum Gasteiger partial charge on any atom is 0.314 e. The van der Waals surface area contributed by atoms with E-state index in [1.165, 1.54) is 0 Å². The van der Waals surface area contributed by atoms with Crippen molar-refractivity contribution in [3.05, 3.63) is 30.1 Å². The van der Waals surface area contributed by atoms with Crippen molar-refractivity contribution in [2.24, 2.45) is 0 Å². The van der Waals surface area contributed by atoms with Crippen molar-refractivity contribution in [3.63, 3.8) is 0 Å². The fraction of sp³-hybridized carbons (Fsp3) is 0.529. The van der Waals surface area contributed by atoms with Gasteiger partial charge in [0.2, 0.25) is 0 Å². The minimum atomic E-state index is -0.598. The zero-order valence-corrected chi connectivity index (χ0v) is 14.9. The highest BCUT2D eigenvalue weighted by Crippen LogP contribution is 2.22. The number of hydrogen-bond acceptors (Lipinski definition) is 4. The number of rotatable bonds is 4. The first-order valence-corrected chi connectivity index (χ1v) is 8.63. The summed E-state index contributed by atoms with van der Waals surface area (Å²) in [6.07, 6.45) is 7.11. The van der Waals surface area contributed by atoms with Crippen LogP contribution in [0.15, 0.2) is 18.7 Å². The van der Waals surface area contributed by atoms with Crippen molar-refractivity contribution in [1.82, 2.24) is 24.2 Å². The number of aromatic nitrogens is 4. The number of imidazole rings is 1. The predicted molar refractivity (Wildman–Crippen MR) is 93.0 cm³/mol. The van der Waals surface area contributed by atoms with Gasteiger partial charge in [-0.15, -0.1) is 0 Å². The minimum absolute atomic E-state index is 0.0213. The van der Waals surface area contributed by atoms with Crippen molar-refractivity contribution in [2.45, 2.75) is 52.7 Å². The number of amides is 2. The highest BCUT2D eigenvalue weighted by atomic mass is 16.2. The Hall–Kier alpha value is -2.64. The second kappa shape index (κ2) is 7.08. The molecule has 0 bridgehead atoms. The van der Waals surface area contributed by atoms with E-state index in [0.717, 1.165) is 30.8 Å². The number of anilines is 1. The summed E-state index contributed by atoms with van der Waals surface area (Å²) >= 11 is 0. The topological polar surface area (TPSA) is 85.0 Å². The Morgan fingerprint density at radius 2 is 2.16 bits per heavy atom. The molecule has 8 nitrogen and oxygen atoms in total. The first kappa shape index (κ1) is 17.2. The average molecular weight is 344 g/mol. The van der Waals surface area contributed by atoms with Gasteiger partial charge in [-0.25, -0.2) is 4.98 Å². The lowest BCUT2D eigenvalue weighted by molar-refractivity contribution is -0.143. The Morgan fingerprint density at radius 3 is 2.80 bits per heavy atom. The van der Waals surface area contributed by atoms with Crippen LogP contribution in [-0.2, 0) is 22.7 Å². The highest BCUT2D eigenvalue weighted by molar-refractivity contribution is 6.39. The van der Waals surface area contributed by atoms with Gasteiger partial charge in [-0.05, 0) is 33.6 Å². The molecule has 1 fully saturated rings. The number of aryl methyl sites for hydroxylation is 2.